The molecule has 9 heteroatoms. The molecule has 0 bridgehead atoms. The molecule has 0 aromatic heterocycles. The molecule has 0 heterocycles. The molecule has 0 aliphatic rings. The van der Waals surface area contributed by atoms with E-state index in [9.17, 15) is 13.2 Å². The van der Waals surface area contributed by atoms with Gasteiger partial charge in [0.2, 0.25) is 10.0 Å². The second-order valence-electron chi connectivity index (χ2n) is 9.88. The third kappa shape index (κ3) is 7.64. The highest BCUT2D eigenvalue weighted by atomic mass is 32.2. The van der Waals surface area contributed by atoms with E-state index in [1.807, 2.05) is 24.3 Å². The number of hydrogen-bond donors (Lipinski definition) is 1. The molecule has 3 rings (SSSR count). The highest BCUT2D eigenvalue weighted by Crippen LogP contribution is 2.34. The molecule has 0 aliphatic carbocycles. The van der Waals surface area contributed by atoms with E-state index in [0.29, 0.717) is 41.5 Å². The Morgan fingerprint density at radius 3 is 2.08 bits per heavy atom. The van der Waals surface area contributed by atoms with Crippen molar-refractivity contribution in [2.75, 3.05) is 37.9 Å². The van der Waals surface area contributed by atoms with Crippen LogP contribution in [0, 0.1) is 0 Å². The van der Waals surface area contributed by atoms with Crippen LogP contribution in [0.3, 0.4) is 0 Å². The summed E-state index contributed by atoms with van der Waals surface area (Å²) in [6.07, 6.45) is 1.13. The molecular formula is C29H36N2O6S. The van der Waals surface area contributed by atoms with Crippen LogP contribution in [0.5, 0.6) is 17.2 Å². The van der Waals surface area contributed by atoms with Crippen molar-refractivity contribution in [2.45, 2.75) is 32.7 Å². The average Bonchev–Trinajstić information content (AvgIpc) is 2.88. The average molecular weight is 541 g/mol. The third-order valence-electron chi connectivity index (χ3n) is 5.97. The Balaban J connectivity index is 1.60. The van der Waals surface area contributed by atoms with E-state index < -0.39 is 10.0 Å². The number of sulfonamides is 1. The fourth-order valence-corrected chi connectivity index (χ4v) is 4.67. The number of amides is 1. The zero-order valence-electron chi connectivity index (χ0n) is 22.8. The van der Waals surface area contributed by atoms with Crippen molar-refractivity contribution in [3.8, 4) is 17.2 Å². The van der Waals surface area contributed by atoms with Crippen molar-refractivity contribution in [2.24, 2.45) is 0 Å². The molecule has 3 aromatic rings. The van der Waals surface area contributed by atoms with Crippen LogP contribution in [0.2, 0.25) is 0 Å². The summed E-state index contributed by atoms with van der Waals surface area (Å²) in [4.78, 5) is 12.6. The third-order valence-corrected chi connectivity index (χ3v) is 7.10. The number of rotatable bonds is 11. The summed E-state index contributed by atoms with van der Waals surface area (Å²) in [7, 11) is -0.654. The van der Waals surface area contributed by atoms with Gasteiger partial charge in [0.05, 0.1) is 39.3 Å². The molecule has 1 N–H and O–H groups in total. The maximum atomic E-state index is 12.6. The van der Waals surface area contributed by atoms with Crippen molar-refractivity contribution in [1.29, 1.82) is 0 Å². The summed E-state index contributed by atoms with van der Waals surface area (Å²) in [5.41, 5.74) is 2.84. The number of nitrogens with one attached hydrogen (secondary N) is 1. The molecule has 0 saturated carbocycles. The Kier molecular flexibility index (Phi) is 9.27. The molecule has 0 atom stereocenters. The second kappa shape index (κ2) is 12.2. The van der Waals surface area contributed by atoms with Gasteiger partial charge in [0.15, 0.2) is 0 Å². The van der Waals surface area contributed by atoms with Gasteiger partial charge in [0, 0.05) is 11.6 Å². The smallest absolute Gasteiger partial charge is 0.251 e. The first-order valence-electron chi connectivity index (χ1n) is 12.2. The number of hydrogen-bond acceptors (Lipinski definition) is 6. The zero-order chi connectivity index (χ0) is 27.9. The monoisotopic (exact) mass is 540 g/mol. The molecule has 0 unspecified atom stereocenters. The number of nitrogens with zero attached hydrogens (tertiary/aromatic N) is 1. The normalized spacial score (nSPS) is 11.5. The minimum atomic E-state index is -3.64. The predicted molar refractivity (Wildman–Crippen MR) is 150 cm³/mol. The van der Waals surface area contributed by atoms with Gasteiger partial charge < -0.3 is 19.5 Å². The molecule has 8 nitrogen and oxygen atoms in total. The summed E-state index contributed by atoms with van der Waals surface area (Å²) in [5.74, 6) is 1.42. The number of anilines is 1. The van der Waals surface area contributed by atoms with Gasteiger partial charge >= 0.3 is 0 Å². The van der Waals surface area contributed by atoms with E-state index in [1.165, 1.54) is 24.1 Å². The number of benzene rings is 3. The van der Waals surface area contributed by atoms with Crippen LogP contribution in [0.4, 0.5) is 5.69 Å². The van der Waals surface area contributed by atoms with Gasteiger partial charge in [-0.25, -0.2) is 8.42 Å². The standard InChI is InChI=1S/C29H36N2O6S/c1-29(2,3)23-11-13-24(14-12-23)37-18-17-30-28(32)22-9-7-21(8-10-22)20-31(38(6,33)34)26-19-25(35-4)15-16-27(26)36-5/h7-16,19H,17-18,20H2,1-6H3,(H,30,32). The van der Waals surface area contributed by atoms with Crippen LogP contribution in [0.15, 0.2) is 66.7 Å². The van der Waals surface area contributed by atoms with Gasteiger partial charge in [-0.1, -0.05) is 45.0 Å². The number of methoxy groups -OCH3 is 2. The predicted octanol–water partition coefficient (Wildman–Crippen LogP) is 4.78. The topological polar surface area (TPSA) is 94.2 Å². The van der Waals surface area contributed by atoms with Gasteiger partial charge in [-0.15, -0.1) is 0 Å². The Morgan fingerprint density at radius 1 is 0.895 bits per heavy atom. The molecule has 0 aliphatic heterocycles. The summed E-state index contributed by atoms with van der Waals surface area (Å²) in [5, 5.41) is 2.84. The lowest BCUT2D eigenvalue weighted by Gasteiger charge is -2.25. The quantitative estimate of drug-likeness (QED) is 0.352. The Hall–Kier alpha value is -3.72. The first-order valence-corrected chi connectivity index (χ1v) is 14.1. The van der Waals surface area contributed by atoms with Gasteiger partial charge in [-0.2, -0.15) is 0 Å². The summed E-state index contributed by atoms with van der Waals surface area (Å²) in [6.45, 7) is 7.22. The van der Waals surface area contributed by atoms with Crippen LogP contribution >= 0.6 is 0 Å². The Bertz CT molecular complexity index is 1330. The van der Waals surface area contributed by atoms with Crippen molar-refractivity contribution in [1.82, 2.24) is 5.32 Å². The van der Waals surface area contributed by atoms with Crippen LogP contribution in [-0.4, -0.2) is 48.0 Å². The van der Waals surface area contributed by atoms with E-state index in [-0.39, 0.29) is 17.9 Å². The summed E-state index contributed by atoms with van der Waals surface area (Å²) in [6, 6.07) is 19.7. The first kappa shape index (κ1) is 28.8. The molecule has 0 radical (unpaired) electrons. The van der Waals surface area contributed by atoms with Crippen molar-refractivity contribution >= 4 is 21.6 Å². The maximum Gasteiger partial charge on any atom is 0.251 e. The molecule has 0 fully saturated rings. The fourth-order valence-electron chi connectivity index (χ4n) is 3.79. The molecular weight excluding hydrogens is 504 g/mol. The van der Waals surface area contributed by atoms with Crippen LogP contribution < -0.4 is 23.8 Å². The number of ether oxygens (including phenoxy) is 3. The largest absolute Gasteiger partial charge is 0.497 e. The molecule has 3 aromatic carbocycles. The SMILES string of the molecule is COc1ccc(OC)c(N(Cc2ccc(C(=O)NCCOc3ccc(C(C)(C)C)cc3)cc2)S(C)(=O)=O)c1. The number of carbonyl (C=O) groups is 1. The highest BCUT2D eigenvalue weighted by molar-refractivity contribution is 7.92. The van der Waals surface area contributed by atoms with Gasteiger partial charge in [-0.3, -0.25) is 9.10 Å². The maximum absolute atomic E-state index is 12.6. The Morgan fingerprint density at radius 2 is 1.53 bits per heavy atom. The van der Waals surface area contributed by atoms with E-state index in [2.05, 4.69) is 26.1 Å². The Labute approximate surface area is 225 Å². The minimum Gasteiger partial charge on any atom is -0.497 e. The van der Waals surface area contributed by atoms with E-state index in [0.717, 1.165) is 12.0 Å². The molecule has 0 spiro atoms. The lowest BCUT2D eigenvalue weighted by atomic mass is 9.87. The van der Waals surface area contributed by atoms with Gasteiger partial charge in [0.1, 0.15) is 23.9 Å². The highest BCUT2D eigenvalue weighted by Gasteiger charge is 2.22. The molecule has 38 heavy (non-hydrogen) atoms. The first-order chi connectivity index (χ1) is 17.9. The number of carbonyl (C=O) groups excluding carboxylic acids is 1. The van der Waals surface area contributed by atoms with Crippen LogP contribution in [0.25, 0.3) is 0 Å². The minimum absolute atomic E-state index is 0.0616. The van der Waals surface area contributed by atoms with Crippen LogP contribution in [-0.2, 0) is 22.0 Å². The van der Waals surface area contributed by atoms with E-state index >= 15 is 0 Å². The van der Waals surface area contributed by atoms with Crippen molar-refractivity contribution in [3.63, 3.8) is 0 Å². The molecule has 0 saturated heterocycles. The summed E-state index contributed by atoms with van der Waals surface area (Å²) < 4.78 is 42.9. The van der Waals surface area contributed by atoms with Gasteiger partial charge in [0.25, 0.3) is 5.91 Å². The van der Waals surface area contributed by atoms with E-state index in [4.69, 9.17) is 14.2 Å². The van der Waals surface area contributed by atoms with E-state index in [1.54, 1.807) is 42.5 Å². The fraction of sp³-hybridized carbons (Fsp3) is 0.345. The van der Waals surface area contributed by atoms with Crippen molar-refractivity contribution < 1.29 is 27.4 Å². The second-order valence-corrected chi connectivity index (χ2v) is 11.8. The molecule has 204 valence electrons. The van der Waals surface area contributed by atoms with Gasteiger partial charge in [-0.05, 0) is 52.9 Å². The summed E-state index contributed by atoms with van der Waals surface area (Å²) >= 11 is 0. The molecule has 1 amide bonds. The van der Waals surface area contributed by atoms with Crippen molar-refractivity contribution in [3.05, 3.63) is 83.4 Å². The van der Waals surface area contributed by atoms with Crippen LogP contribution in [0.1, 0.15) is 42.3 Å². The zero-order valence-corrected chi connectivity index (χ0v) is 23.6. The lowest BCUT2D eigenvalue weighted by molar-refractivity contribution is 0.0947. The lowest BCUT2D eigenvalue weighted by Crippen LogP contribution is -2.30.